The first-order chi connectivity index (χ1) is 11.4. The minimum atomic E-state index is -0.834. The maximum absolute atomic E-state index is 12.8. The Kier molecular flexibility index (Phi) is 4.65. The van der Waals surface area contributed by atoms with Crippen LogP contribution in [0.3, 0.4) is 0 Å². The van der Waals surface area contributed by atoms with Gasteiger partial charge in [0.1, 0.15) is 0 Å². The van der Waals surface area contributed by atoms with Crippen molar-refractivity contribution in [2.24, 2.45) is 5.92 Å². The molecule has 2 atom stereocenters. The molecule has 2 unspecified atom stereocenters. The second kappa shape index (κ2) is 6.57. The highest BCUT2D eigenvalue weighted by atomic mass is 35.5. The zero-order valence-corrected chi connectivity index (χ0v) is 15.0. The summed E-state index contributed by atoms with van der Waals surface area (Å²) in [4.78, 5) is 27.4. The number of benzene rings is 1. The molecule has 2 aromatic rings. The fourth-order valence-electron chi connectivity index (χ4n) is 3.20. The molecule has 24 heavy (non-hydrogen) atoms. The minimum Gasteiger partial charge on any atom is -0.481 e. The van der Waals surface area contributed by atoms with Gasteiger partial charge < -0.3 is 10.0 Å². The van der Waals surface area contributed by atoms with E-state index < -0.39 is 11.9 Å². The lowest BCUT2D eigenvalue weighted by atomic mass is 10.0. The molecule has 1 N–H and O–H groups in total. The molecule has 1 aromatic carbocycles. The molecule has 1 saturated heterocycles. The molecule has 1 amide bonds. The Morgan fingerprint density at radius 3 is 2.71 bits per heavy atom. The van der Waals surface area contributed by atoms with Crippen molar-refractivity contribution in [2.75, 3.05) is 6.54 Å². The van der Waals surface area contributed by atoms with Gasteiger partial charge in [-0.2, -0.15) is 0 Å². The van der Waals surface area contributed by atoms with Gasteiger partial charge in [-0.1, -0.05) is 23.7 Å². The quantitative estimate of drug-likeness (QED) is 0.883. The Morgan fingerprint density at radius 1 is 1.33 bits per heavy atom. The lowest BCUT2D eigenvalue weighted by Gasteiger charge is -2.22. The van der Waals surface area contributed by atoms with Gasteiger partial charge in [0, 0.05) is 22.5 Å². The van der Waals surface area contributed by atoms with E-state index in [0.29, 0.717) is 22.9 Å². The molecule has 1 aromatic heterocycles. The first kappa shape index (κ1) is 17.0. The number of aryl methyl sites for hydroxylation is 1. The van der Waals surface area contributed by atoms with Gasteiger partial charge in [-0.3, -0.25) is 9.59 Å². The average molecular weight is 364 g/mol. The summed E-state index contributed by atoms with van der Waals surface area (Å²) in [6.07, 6.45) is 0.508. The van der Waals surface area contributed by atoms with E-state index in [9.17, 15) is 14.7 Å². The van der Waals surface area contributed by atoms with Crippen LogP contribution in [-0.4, -0.2) is 34.5 Å². The Balaban J connectivity index is 1.87. The van der Waals surface area contributed by atoms with Crippen molar-refractivity contribution in [3.8, 4) is 10.4 Å². The van der Waals surface area contributed by atoms with Crippen LogP contribution in [0.1, 0.15) is 28.6 Å². The smallest absolute Gasteiger partial charge is 0.308 e. The third-order valence-corrected chi connectivity index (χ3v) is 6.06. The van der Waals surface area contributed by atoms with E-state index in [1.54, 1.807) is 4.90 Å². The summed E-state index contributed by atoms with van der Waals surface area (Å²) in [5, 5.41) is 9.89. The highest BCUT2D eigenvalue weighted by Gasteiger charge is 2.38. The Bertz CT molecular complexity index is 801. The number of thiophene rings is 1. The molecule has 0 aliphatic carbocycles. The van der Waals surface area contributed by atoms with Gasteiger partial charge in [0.15, 0.2) is 0 Å². The summed E-state index contributed by atoms with van der Waals surface area (Å²) in [5.41, 5.74) is 2.01. The van der Waals surface area contributed by atoms with Crippen molar-refractivity contribution in [3.05, 3.63) is 45.8 Å². The molecule has 0 radical (unpaired) electrons. The second-order valence-electron chi connectivity index (χ2n) is 6.11. The Morgan fingerprint density at radius 2 is 2.08 bits per heavy atom. The van der Waals surface area contributed by atoms with E-state index >= 15 is 0 Å². The molecule has 1 aliphatic heterocycles. The van der Waals surface area contributed by atoms with E-state index in [-0.39, 0.29) is 11.9 Å². The van der Waals surface area contributed by atoms with Gasteiger partial charge in [-0.25, -0.2) is 0 Å². The number of carboxylic acid groups (broad SMARTS) is 1. The van der Waals surface area contributed by atoms with Crippen molar-refractivity contribution >= 4 is 34.8 Å². The van der Waals surface area contributed by atoms with Crippen molar-refractivity contribution in [1.82, 2.24) is 4.90 Å². The average Bonchev–Trinajstić information content (AvgIpc) is 3.10. The summed E-state index contributed by atoms with van der Waals surface area (Å²) in [6.45, 7) is 4.26. The monoisotopic (exact) mass is 363 g/mol. The summed E-state index contributed by atoms with van der Waals surface area (Å²) >= 11 is 7.49. The number of halogens is 1. The molecule has 1 aliphatic rings. The first-order valence-corrected chi connectivity index (χ1v) is 8.98. The van der Waals surface area contributed by atoms with Crippen LogP contribution in [0.15, 0.2) is 30.3 Å². The number of carboxylic acids is 1. The number of rotatable bonds is 3. The van der Waals surface area contributed by atoms with Crippen LogP contribution >= 0.6 is 22.9 Å². The van der Waals surface area contributed by atoms with Crippen LogP contribution in [-0.2, 0) is 4.79 Å². The van der Waals surface area contributed by atoms with Gasteiger partial charge in [0.25, 0.3) is 5.91 Å². The van der Waals surface area contributed by atoms with E-state index in [1.165, 1.54) is 11.3 Å². The largest absolute Gasteiger partial charge is 0.481 e. The Hall–Kier alpha value is -1.85. The van der Waals surface area contributed by atoms with Crippen LogP contribution in [0.25, 0.3) is 10.4 Å². The number of nitrogens with zero attached hydrogens (tertiary/aromatic N) is 1. The third-order valence-electron chi connectivity index (χ3n) is 4.55. The predicted octanol–water partition coefficient (Wildman–Crippen LogP) is 4.31. The number of hydrogen-bond donors (Lipinski definition) is 1. The molecule has 1 fully saturated rings. The summed E-state index contributed by atoms with van der Waals surface area (Å²) in [7, 11) is 0. The molecule has 4 nitrogen and oxygen atoms in total. The van der Waals surface area contributed by atoms with Crippen LogP contribution < -0.4 is 0 Å². The molecule has 0 bridgehead atoms. The SMILES string of the molecule is Cc1cc(C(=O)N2CCC(C(=O)O)C2C)sc1-c1cccc(Cl)c1. The van der Waals surface area contributed by atoms with Crippen LogP contribution in [0, 0.1) is 12.8 Å². The molecule has 2 heterocycles. The van der Waals surface area contributed by atoms with Crippen LogP contribution in [0.5, 0.6) is 0 Å². The topological polar surface area (TPSA) is 57.6 Å². The normalized spacial score (nSPS) is 20.4. The lowest BCUT2D eigenvalue weighted by molar-refractivity contribution is -0.142. The predicted molar refractivity (Wildman–Crippen MR) is 95.7 cm³/mol. The molecule has 126 valence electrons. The number of aliphatic carboxylic acids is 1. The molecule has 0 saturated carbocycles. The standard InChI is InChI=1S/C18H18ClNO3S/c1-10-8-15(24-16(10)12-4-3-5-13(19)9-12)17(21)20-7-6-14(11(20)2)18(22)23/h3-5,8-9,11,14H,6-7H2,1-2H3,(H,22,23). The number of amides is 1. The zero-order valence-electron chi connectivity index (χ0n) is 13.5. The van der Waals surface area contributed by atoms with Crippen molar-refractivity contribution in [3.63, 3.8) is 0 Å². The van der Waals surface area contributed by atoms with Gasteiger partial charge in [0.05, 0.1) is 10.8 Å². The minimum absolute atomic E-state index is 0.0902. The van der Waals surface area contributed by atoms with Crippen molar-refractivity contribution < 1.29 is 14.7 Å². The zero-order chi connectivity index (χ0) is 17.4. The summed E-state index contributed by atoms with van der Waals surface area (Å²) in [6, 6.07) is 9.15. The van der Waals surface area contributed by atoms with Crippen LogP contribution in [0.2, 0.25) is 5.02 Å². The molecular weight excluding hydrogens is 346 g/mol. The Labute approximate surface area is 149 Å². The van der Waals surface area contributed by atoms with Crippen molar-refractivity contribution in [1.29, 1.82) is 0 Å². The van der Waals surface area contributed by atoms with Gasteiger partial charge in [-0.05, 0) is 49.6 Å². The van der Waals surface area contributed by atoms with Crippen LogP contribution in [0.4, 0.5) is 0 Å². The fraction of sp³-hybridized carbons (Fsp3) is 0.333. The van der Waals surface area contributed by atoms with E-state index in [2.05, 4.69) is 0 Å². The van der Waals surface area contributed by atoms with E-state index in [4.69, 9.17) is 11.6 Å². The third kappa shape index (κ3) is 3.06. The van der Waals surface area contributed by atoms with Gasteiger partial charge in [-0.15, -0.1) is 11.3 Å². The fourth-order valence-corrected chi connectivity index (χ4v) is 4.52. The maximum Gasteiger partial charge on any atom is 0.308 e. The maximum atomic E-state index is 12.8. The van der Waals surface area contributed by atoms with Gasteiger partial charge >= 0.3 is 5.97 Å². The lowest BCUT2D eigenvalue weighted by Crippen LogP contribution is -2.37. The molecular formula is C18H18ClNO3S. The van der Waals surface area contributed by atoms with Crippen molar-refractivity contribution in [2.45, 2.75) is 26.3 Å². The molecule has 0 spiro atoms. The number of likely N-dealkylation sites (tertiary alicyclic amines) is 1. The summed E-state index contributed by atoms with van der Waals surface area (Å²) in [5.74, 6) is -1.41. The second-order valence-corrected chi connectivity index (χ2v) is 7.59. The van der Waals surface area contributed by atoms with Gasteiger partial charge in [0.2, 0.25) is 0 Å². The molecule has 6 heteroatoms. The highest BCUT2D eigenvalue weighted by molar-refractivity contribution is 7.17. The summed E-state index contributed by atoms with van der Waals surface area (Å²) < 4.78 is 0. The number of carbonyl (C=O) groups excluding carboxylic acids is 1. The first-order valence-electron chi connectivity index (χ1n) is 7.78. The number of carbonyl (C=O) groups is 2. The molecule has 3 rings (SSSR count). The van der Waals surface area contributed by atoms with E-state index in [0.717, 1.165) is 16.0 Å². The highest BCUT2D eigenvalue weighted by Crippen LogP contribution is 2.35. The number of hydrogen-bond acceptors (Lipinski definition) is 3. The van der Waals surface area contributed by atoms with E-state index in [1.807, 2.05) is 44.2 Å².